The van der Waals surface area contributed by atoms with Crippen molar-refractivity contribution in [2.75, 3.05) is 6.61 Å². The number of nitrogens with two attached hydrogens (primary N) is 1. The van der Waals surface area contributed by atoms with Gasteiger partial charge in [-0.2, -0.15) is 0 Å². The number of pyridine rings is 1. The lowest BCUT2D eigenvalue weighted by atomic mass is 10.0. The van der Waals surface area contributed by atoms with E-state index in [-0.39, 0.29) is 11.5 Å². The first kappa shape index (κ1) is 16.9. The molecule has 1 aromatic carbocycles. The molecule has 2 heterocycles. The smallest absolute Gasteiger partial charge is 0.255 e. The summed E-state index contributed by atoms with van der Waals surface area (Å²) in [6, 6.07) is 11.1. The first-order valence-electron chi connectivity index (χ1n) is 7.80. The average Bonchev–Trinajstić information content (AvgIpc) is 2.62. The third kappa shape index (κ3) is 3.95. The standard InChI is InChI=1S/C18H17N3O4/c19-17(23)15-11-13(8-10-25-15)20-18(24)12-4-6-14(7-5-12)21-9-2-1-3-16(21)22/h1-7,9,13,15H,8,10H2,(H2,19,23)(H,20,24). The van der Waals surface area contributed by atoms with Crippen molar-refractivity contribution in [3.63, 3.8) is 0 Å². The van der Waals surface area contributed by atoms with Gasteiger partial charge in [0, 0.05) is 42.6 Å². The Morgan fingerprint density at radius 3 is 2.64 bits per heavy atom. The van der Waals surface area contributed by atoms with Crippen LogP contribution < -0.4 is 16.6 Å². The van der Waals surface area contributed by atoms with E-state index in [1.807, 2.05) is 0 Å². The molecule has 1 aliphatic rings. The maximum Gasteiger partial charge on any atom is 0.255 e. The maximum absolute atomic E-state index is 12.3. The molecule has 0 spiro atoms. The van der Waals surface area contributed by atoms with Crippen LogP contribution in [0.2, 0.25) is 0 Å². The van der Waals surface area contributed by atoms with Crippen LogP contribution in [-0.2, 0) is 9.53 Å². The van der Waals surface area contributed by atoms with Crippen molar-refractivity contribution in [1.29, 1.82) is 0 Å². The first-order valence-corrected chi connectivity index (χ1v) is 7.80. The molecular weight excluding hydrogens is 322 g/mol. The van der Waals surface area contributed by atoms with Gasteiger partial charge in [-0.3, -0.25) is 19.0 Å². The van der Waals surface area contributed by atoms with Crippen molar-refractivity contribution in [2.24, 2.45) is 5.73 Å². The molecule has 7 nitrogen and oxygen atoms in total. The number of ether oxygens (including phenoxy) is 1. The quantitative estimate of drug-likeness (QED) is 0.835. The van der Waals surface area contributed by atoms with Crippen molar-refractivity contribution >= 4 is 11.8 Å². The number of hydrogen-bond donors (Lipinski definition) is 2. The van der Waals surface area contributed by atoms with E-state index < -0.39 is 18.1 Å². The van der Waals surface area contributed by atoms with Gasteiger partial charge >= 0.3 is 0 Å². The van der Waals surface area contributed by atoms with Gasteiger partial charge in [0.15, 0.2) is 0 Å². The van der Waals surface area contributed by atoms with Crippen LogP contribution >= 0.6 is 0 Å². The zero-order chi connectivity index (χ0) is 17.8. The van der Waals surface area contributed by atoms with Crippen LogP contribution in [0.5, 0.6) is 0 Å². The van der Waals surface area contributed by atoms with Gasteiger partial charge in [0.1, 0.15) is 6.10 Å². The molecule has 3 N–H and O–H groups in total. The van der Waals surface area contributed by atoms with Crippen LogP contribution in [0.15, 0.2) is 53.5 Å². The molecule has 2 atom stereocenters. The monoisotopic (exact) mass is 339 g/mol. The molecule has 1 saturated heterocycles. The topological polar surface area (TPSA) is 103 Å². The second kappa shape index (κ2) is 7.31. The molecule has 1 fully saturated rings. The maximum atomic E-state index is 12.3. The van der Waals surface area contributed by atoms with Crippen LogP contribution in [0, 0.1) is 6.42 Å². The number of rotatable bonds is 4. The summed E-state index contributed by atoms with van der Waals surface area (Å²) >= 11 is 0. The van der Waals surface area contributed by atoms with Crippen molar-refractivity contribution in [3.8, 4) is 5.69 Å². The molecule has 2 aromatic rings. The minimum atomic E-state index is -0.911. The lowest BCUT2D eigenvalue weighted by Gasteiger charge is -2.27. The van der Waals surface area contributed by atoms with Crippen molar-refractivity contribution in [2.45, 2.75) is 18.6 Å². The number of aromatic nitrogens is 1. The first-order chi connectivity index (χ1) is 12.0. The average molecular weight is 339 g/mol. The fraction of sp³-hybridized carbons (Fsp3) is 0.222. The third-order valence-corrected chi connectivity index (χ3v) is 3.84. The van der Waals surface area contributed by atoms with E-state index in [4.69, 9.17) is 10.5 Å². The Balaban J connectivity index is 1.68. The molecule has 1 aromatic heterocycles. The molecule has 0 aliphatic carbocycles. The predicted molar refractivity (Wildman–Crippen MR) is 90.1 cm³/mol. The highest BCUT2D eigenvalue weighted by Crippen LogP contribution is 2.14. The normalized spacial score (nSPS) is 20.0. The van der Waals surface area contributed by atoms with Gasteiger partial charge in [-0.15, -0.1) is 0 Å². The van der Waals surface area contributed by atoms with E-state index in [9.17, 15) is 14.4 Å². The molecular formula is C18H17N3O4. The van der Waals surface area contributed by atoms with Gasteiger partial charge < -0.3 is 15.8 Å². The summed E-state index contributed by atoms with van der Waals surface area (Å²) in [5.41, 5.74) is 6.15. The highest BCUT2D eigenvalue weighted by molar-refractivity contribution is 5.94. The Labute approximate surface area is 144 Å². The summed E-state index contributed by atoms with van der Waals surface area (Å²) in [4.78, 5) is 35.3. The minimum absolute atomic E-state index is 0.149. The number of carbonyl (C=O) groups is 2. The second-order valence-corrected chi connectivity index (χ2v) is 5.59. The molecule has 2 unspecified atom stereocenters. The Hall–Kier alpha value is -2.93. The van der Waals surface area contributed by atoms with Crippen LogP contribution in [0.1, 0.15) is 16.8 Å². The van der Waals surface area contributed by atoms with Gasteiger partial charge in [-0.25, -0.2) is 0 Å². The SMILES string of the molecule is NC(=O)C1[C]C(NC(=O)c2ccc(-n3ccccc3=O)cc2)CCO1. The Bertz CT molecular complexity index is 829. The fourth-order valence-corrected chi connectivity index (χ4v) is 2.55. The highest BCUT2D eigenvalue weighted by Gasteiger charge is 2.28. The number of amides is 2. The summed E-state index contributed by atoms with van der Waals surface area (Å²) in [6.45, 7) is 0.321. The van der Waals surface area contributed by atoms with E-state index in [0.717, 1.165) is 0 Å². The number of nitrogens with zero attached hydrogens (tertiary/aromatic N) is 1. The largest absolute Gasteiger partial charge is 0.368 e. The zero-order valence-corrected chi connectivity index (χ0v) is 13.3. The van der Waals surface area contributed by atoms with Gasteiger partial charge in [-0.05, 0) is 36.8 Å². The summed E-state index contributed by atoms with van der Waals surface area (Å²) in [5.74, 6) is -0.925. The minimum Gasteiger partial charge on any atom is -0.368 e. The highest BCUT2D eigenvalue weighted by atomic mass is 16.5. The number of hydrogen-bond acceptors (Lipinski definition) is 4. The van der Waals surface area contributed by atoms with Crippen LogP contribution in [0.25, 0.3) is 5.69 Å². The van der Waals surface area contributed by atoms with E-state index in [1.165, 1.54) is 10.6 Å². The predicted octanol–water partition coefficient (Wildman–Crippen LogP) is 0.291. The van der Waals surface area contributed by atoms with E-state index in [0.29, 0.717) is 24.3 Å². The second-order valence-electron chi connectivity index (χ2n) is 5.59. The third-order valence-electron chi connectivity index (χ3n) is 3.84. The van der Waals surface area contributed by atoms with Gasteiger partial charge in [0.05, 0.1) is 0 Å². The Kier molecular flexibility index (Phi) is 4.95. The van der Waals surface area contributed by atoms with Gasteiger partial charge in [0.2, 0.25) is 5.91 Å². The molecule has 2 amide bonds. The van der Waals surface area contributed by atoms with Crippen LogP contribution in [0.4, 0.5) is 0 Å². The van der Waals surface area contributed by atoms with E-state index in [1.54, 1.807) is 42.6 Å². The van der Waals surface area contributed by atoms with E-state index in [2.05, 4.69) is 11.7 Å². The number of carbonyl (C=O) groups excluding carboxylic acids is 2. The lowest BCUT2D eigenvalue weighted by Crippen LogP contribution is -2.46. The zero-order valence-electron chi connectivity index (χ0n) is 13.3. The summed E-state index contributed by atoms with van der Waals surface area (Å²) in [5, 5.41) is 2.78. The molecule has 1 aliphatic heterocycles. The van der Waals surface area contributed by atoms with Crippen molar-refractivity contribution in [1.82, 2.24) is 9.88 Å². The fourth-order valence-electron chi connectivity index (χ4n) is 2.55. The number of primary amides is 1. The molecule has 7 heteroatoms. The molecule has 0 saturated carbocycles. The molecule has 0 bridgehead atoms. The number of nitrogens with one attached hydrogen (secondary N) is 1. The van der Waals surface area contributed by atoms with Gasteiger partial charge in [0.25, 0.3) is 11.5 Å². The Morgan fingerprint density at radius 2 is 1.96 bits per heavy atom. The molecule has 25 heavy (non-hydrogen) atoms. The van der Waals surface area contributed by atoms with Crippen LogP contribution in [0.3, 0.4) is 0 Å². The Morgan fingerprint density at radius 1 is 1.20 bits per heavy atom. The lowest BCUT2D eigenvalue weighted by molar-refractivity contribution is -0.129. The van der Waals surface area contributed by atoms with Crippen molar-refractivity contribution < 1.29 is 14.3 Å². The van der Waals surface area contributed by atoms with E-state index >= 15 is 0 Å². The number of benzene rings is 1. The molecule has 128 valence electrons. The van der Waals surface area contributed by atoms with Crippen LogP contribution in [-0.4, -0.2) is 35.1 Å². The van der Waals surface area contributed by atoms with Crippen molar-refractivity contribution in [3.05, 3.63) is 71.0 Å². The molecule has 3 rings (SSSR count). The van der Waals surface area contributed by atoms with Gasteiger partial charge in [-0.1, -0.05) is 6.07 Å². The summed E-state index contributed by atoms with van der Waals surface area (Å²) in [6.07, 6.45) is 4.09. The summed E-state index contributed by atoms with van der Waals surface area (Å²) in [7, 11) is 0. The molecule has 2 radical (unpaired) electrons. The summed E-state index contributed by atoms with van der Waals surface area (Å²) < 4.78 is 6.65.